The van der Waals surface area contributed by atoms with Gasteiger partial charge in [0.1, 0.15) is 0 Å². The Morgan fingerprint density at radius 1 is 1.24 bits per heavy atom. The predicted molar refractivity (Wildman–Crippen MR) is 90.7 cm³/mol. The molecule has 21 heavy (non-hydrogen) atoms. The minimum Gasteiger partial charge on any atom is -0.329 e. The summed E-state index contributed by atoms with van der Waals surface area (Å²) in [6, 6.07) is 8.03. The van der Waals surface area contributed by atoms with E-state index in [1.165, 1.54) is 12.8 Å². The van der Waals surface area contributed by atoms with Gasteiger partial charge in [0.05, 0.1) is 11.1 Å². The van der Waals surface area contributed by atoms with E-state index in [0.29, 0.717) is 6.54 Å². The maximum Gasteiger partial charge on any atom is 0.231 e. The first-order valence-corrected chi connectivity index (χ1v) is 8.94. The largest absolute Gasteiger partial charge is 0.329 e. The number of amides is 1. The van der Waals surface area contributed by atoms with Crippen LogP contribution < -0.4 is 11.1 Å². The fourth-order valence-corrected chi connectivity index (χ4v) is 3.80. The van der Waals surface area contributed by atoms with Crippen LogP contribution >= 0.6 is 11.8 Å². The van der Waals surface area contributed by atoms with E-state index in [9.17, 15) is 4.79 Å². The fourth-order valence-electron chi connectivity index (χ4n) is 3.04. The molecule has 1 aliphatic rings. The Bertz CT molecular complexity index is 468. The van der Waals surface area contributed by atoms with E-state index >= 15 is 0 Å². The summed E-state index contributed by atoms with van der Waals surface area (Å²) in [5.41, 5.74) is 6.54. The van der Waals surface area contributed by atoms with Crippen LogP contribution in [-0.2, 0) is 4.79 Å². The molecule has 1 amide bonds. The lowest BCUT2D eigenvalue weighted by molar-refractivity contribution is -0.125. The highest BCUT2D eigenvalue weighted by atomic mass is 32.2. The minimum atomic E-state index is -0.375. The van der Waals surface area contributed by atoms with Crippen molar-refractivity contribution >= 4 is 23.4 Å². The van der Waals surface area contributed by atoms with Crippen LogP contribution in [0, 0.1) is 5.41 Å². The number of carbonyl (C=O) groups excluding carboxylic acids is 1. The molecule has 0 bridgehead atoms. The Hall–Kier alpha value is -1.00. The van der Waals surface area contributed by atoms with E-state index in [-0.39, 0.29) is 11.3 Å². The monoisotopic (exact) mass is 306 g/mol. The van der Waals surface area contributed by atoms with E-state index in [1.807, 2.05) is 18.2 Å². The standard InChI is InChI=1S/C17H26N2OS/c1-2-21-15-10-6-5-9-14(15)19-16(20)17(13-18)11-7-3-4-8-12-17/h5-6,9-10H,2-4,7-8,11-13,18H2,1H3,(H,19,20). The van der Waals surface area contributed by atoms with Crippen LogP contribution in [0.5, 0.6) is 0 Å². The average molecular weight is 306 g/mol. The highest BCUT2D eigenvalue weighted by molar-refractivity contribution is 7.99. The summed E-state index contributed by atoms with van der Waals surface area (Å²) in [5.74, 6) is 1.10. The number of para-hydroxylation sites is 1. The second-order valence-electron chi connectivity index (χ2n) is 5.78. The molecule has 0 spiro atoms. The molecule has 0 radical (unpaired) electrons. The highest BCUT2D eigenvalue weighted by Crippen LogP contribution is 2.36. The quantitative estimate of drug-likeness (QED) is 0.637. The summed E-state index contributed by atoms with van der Waals surface area (Å²) in [5, 5.41) is 3.14. The van der Waals surface area contributed by atoms with E-state index < -0.39 is 0 Å². The molecule has 1 fully saturated rings. The van der Waals surface area contributed by atoms with Crippen LogP contribution in [0.1, 0.15) is 45.4 Å². The van der Waals surface area contributed by atoms with E-state index in [0.717, 1.165) is 42.0 Å². The molecular weight excluding hydrogens is 280 g/mol. The third-order valence-corrected chi connectivity index (χ3v) is 5.32. The Kier molecular flexibility index (Phi) is 6.12. The number of rotatable bonds is 5. The van der Waals surface area contributed by atoms with Crippen molar-refractivity contribution in [1.82, 2.24) is 0 Å². The summed E-state index contributed by atoms with van der Waals surface area (Å²) in [4.78, 5) is 14.0. The van der Waals surface area contributed by atoms with Gasteiger partial charge in [0.15, 0.2) is 0 Å². The molecular formula is C17H26N2OS. The van der Waals surface area contributed by atoms with Crippen molar-refractivity contribution in [2.75, 3.05) is 17.6 Å². The first kappa shape index (κ1) is 16.4. The molecule has 0 unspecified atom stereocenters. The molecule has 116 valence electrons. The van der Waals surface area contributed by atoms with Crippen molar-refractivity contribution in [2.45, 2.75) is 50.3 Å². The SMILES string of the molecule is CCSc1ccccc1NC(=O)C1(CN)CCCCCC1. The molecule has 4 heteroatoms. The molecule has 1 aliphatic carbocycles. The average Bonchev–Trinajstić information content (AvgIpc) is 2.76. The predicted octanol–water partition coefficient (Wildman–Crippen LogP) is 4.04. The number of thioether (sulfide) groups is 1. The lowest BCUT2D eigenvalue weighted by atomic mass is 9.79. The first-order chi connectivity index (χ1) is 10.2. The van der Waals surface area contributed by atoms with E-state index in [4.69, 9.17) is 5.73 Å². The van der Waals surface area contributed by atoms with Gasteiger partial charge in [-0.05, 0) is 30.7 Å². The summed E-state index contributed by atoms with van der Waals surface area (Å²) in [6.45, 7) is 2.57. The number of hydrogen-bond donors (Lipinski definition) is 2. The van der Waals surface area contributed by atoms with E-state index in [2.05, 4.69) is 18.3 Å². The third-order valence-electron chi connectivity index (χ3n) is 4.37. The van der Waals surface area contributed by atoms with Crippen LogP contribution in [0.3, 0.4) is 0 Å². The zero-order valence-electron chi connectivity index (χ0n) is 12.9. The zero-order valence-corrected chi connectivity index (χ0v) is 13.7. The number of nitrogens with one attached hydrogen (secondary N) is 1. The molecule has 0 saturated heterocycles. The van der Waals surface area contributed by atoms with Crippen molar-refractivity contribution in [1.29, 1.82) is 0 Å². The Labute approximate surface area is 132 Å². The highest BCUT2D eigenvalue weighted by Gasteiger charge is 2.37. The summed E-state index contributed by atoms with van der Waals surface area (Å²) in [7, 11) is 0. The van der Waals surface area contributed by atoms with Gasteiger partial charge >= 0.3 is 0 Å². The van der Waals surface area contributed by atoms with Gasteiger partial charge in [0.25, 0.3) is 0 Å². The number of hydrogen-bond acceptors (Lipinski definition) is 3. The van der Waals surface area contributed by atoms with Crippen LogP contribution in [0.2, 0.25) is 0 Å². The van der Waals surface area contributed by atoms with Gasteiger partial charge in [-0.3, -0.25) is 4.79 Å². The van der Waals surface area contributed by atoms with Crippen molar-refractivity contribution in [3.63, 3.8) is 0 Å². The molecule has 3 N–H and O–H groups in total. The van der Waals surface area contributed by atoms with Crippen LogP contribution in [0.25, 0.3) is 0 Å². The van der Waals surface area contributed by atoms with Gasteiger partial charge in [-0.2, -0.15) is 0 Å². The zero-order chi connectivity index (χ0) is 15.1. The summed E-state index contributed by atoms with van der Waals surface area (Å²) < 4.78 is 0. The topological polar surface area (TPSA) is 55.1 Å². The second kappa shape index (κ2) is 7.85. The Morgan fingerprint density at radius 3 is 2.52 bits per heavy atom. The molecule has 3 nitrogen and oxygen atoms in total. The van der Waals surface area contributed by atoms with E-state index in [1.54, 1.807) is 11.8 Å². The first-order valence-electron chi connectivity index (χ1n) is 7.95. The fraction of sp³-hybridized carbons (Fsp3) is 0.588. The maximum absolute atomic E-state index is 12.8. The lowest BCUT2D eigenvalue weighted by Gasteiger charge is -2.30. The lowest BCUT2D eigenvalue weighted by Crippen LogP contribution is -2.42. The number of benzene rings is 1. The molecule has 0 atom stereocenters. The molecule has 0 aliphatic heterocycles. The van der Waals surface area contributed by atoms with Gasteiger partial charge in [-0.1, -0.05) is 44.7 Å². The van der Waals surface area contributed by atoms with Crippen molar-refractivity contribution < 1.29 is 4.79 Å². The van der Waals surface area contributed by atoms with Gasteiger partial charge in [0, 0.05) is 11.4 Å². The molecule has 0 heterocycles. The summed E-state index contributed by atoms with van der Waals surface area (Å²) >= 11 is 1.76. The smallest absolute Gasteiger partial charge is 0.231 e. The Morgan fingerprint density at radius 2 is 1.90 bits per heavy atom. The minimum absolute atomic E-state index is 0.107. The van der Waals surface area contributed by atoms with Gasteiger partial charge in [0.2, 0.25) is 5.91 Å². The molecule has 1 aromatic carbocycles. The van der Waals surface area contributed by atoms with Crippen molar-refractivity contribution in [2.24, 2.45) is 11.1 Å². The number of nitrogens with two attached hydrogens (primary N) is 1. The second-order valence-corrected chi connectivity index (χ2v) is 7.09. The van der Waals surface area contributed by atoms with Crippen LogP contribution in [0.4, 0.5) is 5.69 Å². The molecule has 1 saturated carbocycles. The van der Waals surface area contributed by atoms with Gasteiger partial charge in [-0.15, -0.1) is 11.8 Å². The van der Waals surface area contributed by atoms with Gasteiger partial charge < -0.3 is 11.1 Å². The molecule has 0 aromatic heterocycles. The molecule has 2 rings (SSSR count). The number of carbonyl (C=O) groups is 1. The van der Waals surface area contributed by atoms with Crippen LogP contribution in [-0.4, -0.2) is 18.2 Å². The third kappa shape index (κ3) is 4.01. The number of anilines is 1. The van der Waals surface area contributed by atoms with Crippen molar-refractivity contribution in [3.8, 4) is 0 Å². The van der Waals surface area contributed by atoms with Crippen LogP contribution in [0.15, 0.2) is 29.2 Å². The van der Waals surface area contributed by atoms with Crippen molar-refractivity contribution in [3.05, 3.63) is 24.3 Å². The normalized spacial score (nSPS) is 18.0. The summed E-state index contributed by atoms with van der Waals surface area (Å²) in [6.07, 6.45) is 6.48. The maximum atomic E-state index is 12.8. The Balaban J connectivity index is 2.15. The van der Waals surface area contributed by atoms with Gasteiger partial charge in [-0.25, -0.2) is 0 Å². The molecule has 1 aromatic rings.